The Labute approximate surface area is 101 Å². The van der Waals surface area contributed by atoms with Crippen molar-refractivity contribution in [3.8, 4) is 22.8 Å². The van der Waals surface area contributed by atoms with E-state index in [1.54, 1.807) is 0 Å². The average Bonchev–Trinajstić information content (AvgIpc) is 2.74. The molecule has 0 spiro atoms. The third kappa shape index (κ3) is 1.93. The Morgan fingerprint density at radius 2 is 2.17 bits per heavy atom. The maximum absolute atomic E-state index is 11.0. The lowest BCUT2D eigenvalue weighted by Gasteiger charge is -2.08. The van der Waals surface area contributed by atoms with Gasteiger partial charge in [0.05, 0.1) is 12.7 Å². The van der Waals surface area contributed by atoms with Crippen LogP contribution < -0.4 is 10.5 Å². The maximum atomic E-state index is 11.0. The van der Waals surface area contributed by atoms with Crippen LogP contribution in [0.3, 0.4) is 0 Å². The van der Waals surface area contributed by atoms with E-state index in [2.05, 4.69) is 5.16 Å². The highest BCUT2D eigenvalue weighted by molar-refractivity contribution is 5.93. The fraction of sp³-hybridized carbons (Fsp3) is 0.0909. The summed E-state index contributed by atoms with van der Waals surface area (Å²) in [6, 6.07) is 3.81. The number of aromatic hydroxyl groups is 1. The molecule has 0 radical (unpaired) electrons. The topological polar surface area (TPSA) is 119 Å². The highest BCUT2D eigenvalue weighted by Crippen LogP contribution is 2.35. The van der Waals surface area contributed by atoms with Gasteiger partial charge in [-0.3, -0.25) is 0 Å². The van der Waals surface area contributed by atoms with E-state index in [4.69, 9.17) is 20.1 Å². The van der Waals surface area contributed by atoms with Crippen LogP contribution in [-0.4, -0.2) is 28.4 Å². The van der Waals surface area contributed by atoms with E-state index in [0.29, 0.717) is 0 Å². The molecule has 0 unspecified atom stereocenters. The Bertz CT molecular complexity index is 605. The summed E-state index contributed by atoms with van der Waals surface area (Å²) in [5, 5.41) is 22.3. The zero-order valence-electron chi connectivity index (χ0n) is 9.38. The van der Waals surface area contributed by atoms with Gasteiger partial charge in [0.25, 0.3) is 0 Å². The Morgan fingerprint density at radius 3 is 2.67 bits per heavy atom. The lowest BCUT2D eigenvalue weighted by molar-refractivity contribution is 0.0693. The molecule has 7 heteroatoms. The minimum absolute atomic E-state index is 0.0521. The second kappa shape index (κ2) is 4.28. The predicted molar refractivity (Wildman–Crippen MR) is 61.5 cm³/mol. The number of benzene rings is 1. The quantitative estimate of drug-likeness (QED) is 0.751. The number of anilines is 1. The molecule has 1 aromatic carbocycles. The van der Waals surface area contributed by atoms with Crippen molar-refractivity contribution in [2.45, 2.75) is 0 Å². The van der Waals surface area contributed by atoms with Gasteiger partial charge in [0.15, 0.2) is 11.6 Å². The van der Waals surface area contributed by atoms with Crippen LogP contribution in [-0.2, 0) is 0 Å². The molecule has 2 aromatic rings. The zero-order valence-corrected chi connectivity index (χ0v) is 9.38. The molecule has 0 fully saturated rings. The van der Waals surface area contributed by atoms with Crippen LogP contribution in [0, 0.1) is 0 Å². The summed E-state index contributed by atoms with van der Waals surface area (Å²) in [6.07, 6.45) is 0. The number of carboxylic acid groups (broad SMARTS) is 1. The van der Waals surface area contributed by atoms with Crippen LogP contribution in [0.1, 0.15) is 10.4 Å². The van der Waals surface area contributed by atoms with Crippen LogP contribution in [0.2, 0.25) is 0 Å². The van der Waals surface area contributed by atoms with Crippen LogP contribution in [0.25, 0.3) is 11.3 Å². The Kier molecular flexibility index (Phi) is 2.80. The molecule has 0 saturated carbocycles. The number of carboxylic acids is 1. The third-order valence-corrected chi connectivity index (χ3v) is 2.34. The maximum Gasteiger partial charge on any atom is 0.339 e. The van der Waals surface area contributed by atoms with Crippen molar-refractivity contribution in [3.63, 3.8) is 0 Å². The van der Waals surface area contributed by atoms with Gasteiger partial charge in [-0.1, -0.05) is 5.16 Å². The summed E-state index contributed by atoms with van der Waals surface area (Å²) in [7, 11) is 1.31. The molecule has 0 amide bonds. The van der Waals surface area contributed by atoms with E-state index in [1.807, 2.05) is 0 Å². The summed E-state index contributed by atoms with van der Waals surface area (Å²) in [5.74, 6) is -1.00. The summed E-state index contributed by atoms with van der Waals surface area (Å²) in [5.41, 5.74) is 5.47. The molecule has 1 heterocycles. The van der Waals surface area contributed by atoms with E-state index in [9.17, 15) is 9.90 Å². The zero-order chi connectivity index (χ0) is 13.3. The van der Waals surface area contributed by atoms with Crippen LogP contribution in [0.4, 0.5) is 5.82 Å². The number of aromatic carboxylic acids is 1. The number of ether oxygens (including phenoxy) is 1. The van der Waals surface area contributed by atoms with Crippen LogP contribution in [0.5, 0.6) is 11.5 Å². The molecular formula is C11H10N2O5. The number of nitrogens with zero attached hydrogens (tertiary/aromatic N) is 1. The lowest BCUT2D eigenvalue weighted by Crippen LogP contribution is -2.00. The second-order valence-corrected chi connectivity index (χ2v) is 3.49. The average molecular weight is 250 g/mol. The molecule has 0 atom stereocenters. The van der Waals surface area contributed by atoms with Crippen molar-refractivity contribution in [3.05, 3.63) is 23.8 Å². The van der Waals surface area contributed by atoms with Gasteiger partial charge in [0.1, 0.15) is 17.1 Å². The number of hydrogen-bond donors (Lipinski definition) is 3. The summed E-state index contributed by atoms with van der Waals surface area (Å²) in [4.78, 5) is 11.0. The summed E-state index contributed by atoms with van der Waals surface area (Å²) in [6.45, 7) is 0. The van der Waals surface area contributed by atoms with Crippen molar-refractivity contribution in [1.29, 1.82) is 0 Å². The van der Waals surface area contributed by atoms with Crippen molar-refractivity contribution < 1.29 is 24.3 Å². The largest absolute Gasteiger partial charge is 0.507 e. The van der Waals surface area contributed by atoms with Gasteiger partial charge in [-0.05, 0) is 6.07 Å². The predicted octanol–water partition coefficient (Wildman–Crippen LogP) is 1.34. The third-order valence-electron chi connectivity index (χ3n) is 2.34. The number of methoxy groups -OCH3 is 1. The number of carbonyl (C=O) groups is 1. The SMILES string of the molecule is COc1cc(O)c(-c2cc(N)no2)cc1C(=O)O. The van der Waals surface area contributed by atoms with Crippen molar-refractivity contribution >= 4 is 11.8 Å². The van der Waals surface area contributed by atoms with E-state index < -0.39 is 5.97 Å². The fourth-order valence-electron chi connectivity index (χ4n) is 1.52. The van der Waals surface area contributed by atoms with Gasteiger partial charge in [0.2, 0.25) is 0 Å². The molecule has 0 aliphatic carbocycles. The van der Waals surface area contributed by atoms with E-state index >= 15 is 0 Å². The van der Waals surface area contributed by atoms with Gasteiger partial charge >= 0.3 is 5.97 Å². The van der Waals surface area contributed by atoms with E-state index in [1.165, 1.54) is 25.3 Å². The monoisotopic (exact) mass is 250 g/mol. The molecule has 2 rings (SSSR count). The first-order valence-corrected chi connectivity index (χ1v) is 4.89. The van der Waals surface area contributed by atoms with Crippen LogP contribution >= 0.6 is 0 Å². The molecular weight excluding hydrogens is 240 g/mol. The first-order valence-electron chi connectivity index (χ1n) is 4.89. The molecule has 94 valence electrons. The summed E-state index contributed by atoms with van der Waals surface area (Å²) >= 11 is 0. The Balaban J connectivity index is 2.62. The van der Waals surface area contributed by atoms with Crippen molar-refractivity contribution in [1.82, 2.24) is 5.16 Å². The van der Waals surface area contributed by atoms with Gasteiger partial charge in [-0.2, -0.15) is 0 Å². The first-order chi connectivity index (χ1) is 8.52. The molecule has 18 heavy (non-hydrogen) atoms. The summed E-state index contributed by atoms with van der Waals surface area (Å²) < 4.78 is 9.74. The number of nitrogen functional groups attached to an aromatic ring is 1. The fourth-order valence-corrected chi connectivity index (χ4v) is 1.52. The molecule has 0 aliphatic rings. The van der Waals surface area contributed by atoms with Crippen molar-refractivity contribution in [2.24, 2.45) is 0 Å². The highest BCUT2D eigenvalue weighted by atomic mass is 16.5. The normalized spacial score (nSPS) is 10.3. The van der Waals surface area contributed by atoms with Gasteiger partial charge in [-0.25, -0.2) is 4.79 Å². The number of hydrogen-bond acceptors (Lipinski definition) is 6. The first kappa shape index (κ1) is 11.8. The number of nitrogens with two attached hydrogens (primary N) is 1. The molecule has 0 bridgehead atoms. The molecule has 0 aliphatic heterocycles. The van der Waals surface area contributed by atoms with Gasteiger partial charge < -0.3 is 25.2 Å². The molecule has 4 N–H and O–H groups in total. The van der Waals surface area contributed by atoms with E-state index in [-0.39, 0.29) is 34.2 Å². The number of phenols is 1. The lowest BCUT2D eigenvalue weighted by atomic mass is 10.1. The Hall–Kier alpha value is -2.70. The number of aromatic nitrogens is 1. The van der Waals surface area contributed by atoms with Crippen molar-refractivity contribution in [2.75, 3.05) is 12.8 Å². The second-order valence-electron chi connectivity index (χ2n) is 3.49. The number of rotatable bonds is 3. The van der Waals surface area contributed by atoms with Gasteiger partial charge in [-0.15, -0.1) is 0 Å². The standard InChI is InChI=1S/C11H10N2O5/c1-17-8-3-7(14)5(2-6(8)11(15)16)9-4-10(12)13-18-9/h2-4,14H,1H3,(H2,12,13)(H,15,16). The Morgan fingerprint density at radius 1 is 1.44 bits per heavy atom. The van der Waals surface area contributed by atoms with Gasteiger partial charge in [0, 0.05) is 12.1 Å². The minimum atomic E-state index is -1.18. The van der Waals surface area contributed by atoms with E-state index in [0.717, 1.165) is 0 Å². The smallest absolute Gasteiger partial charge is 0.339 e. The minimum Gasteiger partial charge on any atom is -0.507 e. The van der Waals surface area contributed by atoms with Crippen LogP contribution in [0.15, 0.2) is 22.7 Å². The number of phenolic OH excluding ortho intramolecular Hbond substituents is 1. The molecule has 1 aromatic heterocycles. The molecule has 7 nitrogen and oxygen atoms in total. The molecule has 0 saturated heterocycles. The highest BCUT2D eigenvalue weighted by Gasteiger charge is 2.18.